The second-order valence-electron chi connectivity index (χ2n) is 28.0. The van der Waals surface area contributed by atoms with Gasteiger partial charge in [0.05, 0.1) is 19.3 Å². The molecule has 5 atom stereocenters. The average Bonchev–Trinajstić information content (AvgIpc) is 0.725. The Hall–Kier alpha value is -8.90. The lowest BCUT2D eigenvalue weighted by molar-refractivity contribution is -0.289. The monoisotopic (exact) mass is 1330 g/mol. The van der Waals surface area contributed by atoms with Crippen LogP contribution < -0.4 is 54.6 Å². The Bertz CT molecular complexity index is 4280. The smallest absolute Gasteiger partial charge is 0.319 e. The van der Waals surface area contributed by atoms with Crippen molar-refractivity contribution in [2.75, 3.05) is 0 Å². The second-order valence-corrected chi connectivity index (χ2v) is 40.7. The van der Waals surface area contributed by atoms with Crippen LogP contribution in [-0.4, -0.2) is 60.8 Å². The van der Waals surface area contributed by atoms with Crippen LogP contribution >= 0.6 is 0 Å². The Labute approximate surface area is 568 Å². The van der Waals surface area contributed by atoms with Gasteiger partial charge in [-0.15, -0.1) is 0 Å². The number of aliphatic hydroxyl groups is 1. The molecule has 490 valence electrons. The molecule has 0 bridgehead atoms. The highest BCUT2D eigenvalue weighted by atomic mass is 28.4. The molecule has 1 aliphatic rings. The lowest BCUT2D eigenvalue weighted by atomic mass is 9.99. The minimum atomic E-state index is -3.58. The maximum atomic E-state index is 16.9. The van der Waals surface area contributed by atoms with E-state index in [1.807, 2.05) is 165 Å². The van der Waals surface area contributed by atoms with Crippen molar-refractivity contribution in [3.05, 3.63) is 300 Å². The van der Waals surface area contributed by atoms with Crippen molar-refractivity contribution in [3.8, 4) is 34.3 Å². The molecule has 0 aliphatic carbocycles. The maximum absolute atomic E-state index is 16.9. The summed E-state index contributed by atoms with van der Waals surface area (Å²) in [7, 11) is -10.1. The number of fused-ring (bicyclic) bond motifs is 1. The second kappa shape index (κ2) is 28.0. The van der Waals surface area contributed by atoms with E-state index in [2.05, 4.69) is 184 Å². The predicted molar refractivity (Wildman–Crippen MR) is 394 cm³/mol. The van der Waals surface area contributed by atoms with Crippen molar-refractivity contribution in [1.82, 2.24) is 0 Å². The van der Waals surface area contributed by atoms with Crippen LogP contribution in [0.15, 0.2) is 288 Å². The van der Waals surface area contributed by atoms with E-state index in [1.165, 1.54) is 0 Å². The average molecular weight is 1330 g/mol. The molecule has 1 N–H and O–H groups in total. The maximum Gasteiger partial charge on any atom is 0.319 e. The van der Waals surface area contributed by atoms with E-state index in [4.69, 9.17) is 36.6 Å². The van der Waals surface area contributed by atoms with Gasteiger partial charge in [-0.2, -0.15) is 0 Å². The van der Waals surface area contributed by atoms with Crippen LogP contribution in [0, 0.1) is 0 Å². The number of hydrogen-bond donors (Lipinski definition) is 1. The molecule has 96 heavy (non-hydrogen) atoms. The van der Waals surface area contributed by atoms with E-state index in [9.17, 15) is 5.11 Å². The summed E-state index contributed by atoms with van der Waals surface area (Å²) in [6.45, 7) is 22.3. The summed E-state index contributed by atoms with van der Waals surface area (Å²) in [6.07, 6.45) is -5.45. The van der Waals surface area contributed by atoms with Crippen LogP contribution in [0.25, 0.3) is 22.3 Å². The summed E-state index contributed by atoms with van der Waals surface area (Å²) >= 11 is 0. The zero-order valence-electron chi connectivity index (χ0n) is 56.5. The minimum Gasteiger partial charge on any atom is -0.534 e. The van der Waals surface area contributed by atoms with Gasteiger partial charge in [0.15, 0.2) is 5.76 Å². The number of aliphatic hydroxyl groups excluding tert-OH is 1. The van der Waals surface area contributed by atoms with Crippen molar-refractivity contribution in [1.29, 1.82) is 0 Å². The van der Waals surface area contributed by atoms with Gasteiger partial charge in [-0.05, 0) is 88.6 Å². The molecule has 0 radical (unpaired) electrons. The predicted octanol–water partition coefficient (Wildman–Crippen LogP) is 14.9. The van der Waals surface area contributed by atoms with Crippen LogP contribution in [0.4, 0.5) is 0 Å². The molecule has 5 unspecified atom stereocenters. The summed E-state index contributed by atoms with van der Waals surface area (Å²) in [6, 6.07) is 93.6. The van der Waals surface area contributed by atoms with Crippen LogP contribution in [0.3, 0.4) is 0 Å². The van der Waals surface area contributed by atoms with Crippen molar-refractivity contribution < 1.29 is 41.7 Å². The van der Waals surface area contributed by atoms with E-state index < -0.39 is 71.2 Å². The number of rotatable bonds is 21. The first-order valence-electron chi connectivity index (χ1n) is 33.2. The summed E-state index contributed by atoms with van der Waals surface area (Å²) in [5.41, 5.74) is 1.96. The molecular formula is C83H86O10Si3. The van der Waals surface area contributed by atoms with Crippen LogP contribution in [0.1, 0.15) is 80.4 Å². The molecule has 12 rings (SSSR count). The largest absolute Gasteiger partial charge is 0.534 e. The van der Waals surface area contributed by atoms with Crippen molar-refractivity contribution in [2.24, 2.45) is 0 Å². The fraction of sp³-hybridized carbons (Fsp3) is 0.241. The molecule has 1 saturated heterocycles. The molecule has 13 heteroatoms. The highest BCUT2D eigenvalue weighted by molar-refractivity contribution is 7.01. The summed E-state index contributed by atoms with van der Waals surface area (Å²) in [5.74, 6) is 1.18. The van der Waals surface area contributed by atoms with Gasteiger partial charge in [-0.25, -0.2) is 0 Å². The quantitative estimate of drug-likeness (QED) is 0.0698. The molecule has 10 nitrogen and oxygen atoms in total. The zero-order valence-corrected chi connectivity index (χ0v) is 59.5. The molecule has 1 fully saturated rings. The first-order valence-corrected chi connectivity index (χ1v) is 38.9. The van der Waals surface area contributed by atoms with Crippen molar-refractivity contribution in [3.63, 3.8) is 0 Å². The van der Waals surface area contributed by atoms with E-state index >= 15 is 4.79 Å². The van der Waals surface area contributed by atoms with Crippen LogP contribution in [0.5, 0.6) is 23.0 Å². The molecule has 1 aromatic heterocycles. The topological polar surface area (TPSA) is 115 Å². The molecule has 2 heterocycles. The third-order valence-corrected chi connectivity index (χ3v) is 33.4. The number of ether oxygens (including phenoxy) is 4. The SMILES string of the molecule is CC1OC(Oc2c(-c3ccc(O[Si](c4ccccc4)(c4ccccc4)C(C)(C)C)cc3)oc3cc(O[Si](c4ccccc4)(c4ccccc4)C(C)(C)C)cc(O[Si](c4ccccc4)(c4ccccc4)C(C)(C)C)c3c2=O)C(O)C(OCc2ccccc2)C1OCc1ccccc1. The summed E-state index contributed by atoms with van der Waals surface area (Å²) in [4.78, 5) is 16.9. The first kappa shape index (κ1) is 67.1. The van der Waals surface area contributed by atoms with Gasteiger partial charge in [0.1, 0.15) is 46.5 Å². The number of benzene rings is 10. The van der Waals surface area contributed by atoms with Crippen molar-refractivity contribution >= 4 is 67.0 Å². The van der Waals surface area contributed by atoms with E-state index in [-0.39, 0.29) is 46.5 Å². The Morgan fingerprint density at radius 2 is 0.760 bits per heavy atom. The first-order chi connectivity index (χ1) is 46.2. The molecular weight excluding hydrogens is 1240 g/mol. The van der Waals surface area contributed by atoms with Gasteiger partial charge in [0, 0.05) is 17.7 Å². The van der Waals surface area contributed by atoms with E-state index in [1.54, 1.807) is 0 Å². The third-order valence-electron chi connectivity index (χ3n) is 18.6. The van der Waals surface area contributed by atoms with Gasteiger partial charge in [0.25, 0.3) is 0 Å². The Morgan fingerprint density at radius 1 is 0.417 bits per heavy atom. The fourth-order valence-corrected chi connectivity index (χ4v) is 27.2. The lowest BCUT2D eigenvalue weighted by Crippen LogP contribution is -2.69. The summed E-state index contributed by atoms with van der Waals surface area (Å²) in [5, 5.41) is 18.0. The Morgan fingerprint density at radius 3 is 1.14 bits per heavy atom. The van der Waals surface area contributed by atoms with Crippen LogP contribution in [0.2, 0.25) is 15.1 Å². The minimum absolute atomic E-state index is 0.0798. The van der Waals surface area contributed by atoms with Crippen molar-refractivity contribution in [2.45, 2.75) is 128 Å². The highest BCUT2D eigenvalue weighted by Gasteiger charge is 2.56. The fourth-order valence-electron chi connectivity index (χ4n) is 14.0. The van der Waals surface area contributed by atoms with Gasteiger partial charge < -0.3 is 41.7 Å². The standard InChI is InChI=1S/C83H86O10Si3/c1-59-76(86-57-60-35-19-11-20-36-60)78(87-58-61-37-21-12-22-38-61)75(85)80(88-59)90-79-74(84)73-71(89-77(79)62-51-53-63(54-52-62)91-94(81(2,3)4,65-39-23-13-24-40-65)66-41-25-14-26-42-66)55-64(92-95(82(5,6)7,67-43-27-15-28-44-67)68-45-29-16-30-46-68)56-72(73)93-96(83(8,9)10,69-47-31-17-32-48-69)70-49-33-18-34-50-70/h11-56,59,75-76,78,80,85H,57-58H2,1-10H3. The molecule has 0 saturated carbocycles. The van der Waals surface area contributed by atoms with Gasteiger partial charge in [0.2, 0.25) is 17.5 Å². The zero-order chi connectivity index (χ0) is 67.3. The van der Waals surface area contributed by atoms with E-state index in [0.717, 1.165) is 42.2 Å². The number of hydrogen-bond acceptors (Lipinski definition) is 10. The molecule has 10 aromatic carbocycles. The van der Waals surface area contributed by atoms with Gasteiger partial charge in [-0.3, -0.25) is 4.79 Å². The Kier molecular flexibility index (Phi) is 19.6. The van der Waals surface area contributed by atoms with E-state index in [0.29, 0.717) is 17.1 Å². The highest BCUT2D eigenvalue weighted by Crippen LogP contribution is 2.46. The molecule has 0 spiro atoms. The Balaban J connectivity index is 1.09. The lowest BCUT2D eigenvalue weighted by Gasteiger charge is -2.44. The van der Waals surface area contributed by atoms with Gasteiger partial charge >= 0.3 is 25.0 Å². The molecule has 11 aromatic rings. The third kappa shape index (κ3) is 13.3. The molecule has 1 aliphatic heterocycles. The normalized spacial score (nSPS) is 17.2. The molecule has 0 amide bonds. The van der Waals surface area contributed by atoms with Crippen LogP contribution in [-0.2, 0) is 27.4 Å². The van der Waals surface area contributed by atoms with Gasteiger partial charge in [-0.1, -0.05) is 305 Å². The summed E-state index contributed by atoms with van der Waals surface area (Å²) < 4.78 is 58.3.